The Labute approximate surface area is 73.7 Å². The number of hydrogen-bond donors (Lipinski definition) is 0. The number of hydrogen-bond acceptors (Lipinski definition) is 3. The second-order valence-electron chi connectivity index (χ2n) is 3.27. The number of oxime groups is 1. The SMILES string of the molecule is CO/N=C(\C)CC1CCOCC1. The molecule has 3 nitrogen and oxygen atoms in total. The Morgan fingerprint density at radius 2 is 2.17 bits per heavy atom. The fourth-order valence-electron chi connectivity index (χ4n) is 1.56. The molecule has 1 fully saturated rings. The van der Waals surface area contributed by atoms with E-state index in [4.69, 9.17) is 9.57 Å². The fourth-order valence-corrected chi connectivity index (χ4v) is 1.56. The van der Waals surface area contributed by atoms with Gasteiger partial charge < -0.3 is 9.57 Å². The molecule has 0 unspecified atom stereocenters. The molecule has 0 saturated carbocycles. The Balaban J connectivity index is 2.24. The van der Waals surface area contributed by atoms with Gasteiger partial charge in [-0.2, -0.15) is 0 Å². The Morgan fingerprint density at radius 3 is 2.75 bits per heavy atom. The van der Waals surface area contributed by atoms with E-state index in [-0.39, 0.29) is 0 Å². The molecule has 1 aliphatic rings. The predicted octanol–water partition coefficient (Wildman–Crippen LogP) is 1.83. The van der Waals surface area contributed by atoms with Crippen LogP contribution in [0, 0.1) is 5.92 Å². The van der Waals surface area contributed by atoms with Gasteiger partial charge in [-0.25, -0.2) is 0 Å². The fraction of sp³-hybridized carbons (Fsp3) is 0.889. The molecule has 0 atom stereocenters. The summed E-state index contributed by atoms with van der Waals surface area (Å²) in [5, 5.41) is 3.89. The van der Waals surface area contributed by atoms with Crippen LogP contribution in [0.1, 0.15) is 26.2 Å². The molecule has 0 radical (unpaired) electrons. The maximum atomic E-state index is 5.27. The average Bonchev–Trinajstić information content (AvgIpc) is 2.06. The van der Waals surface area contributed by atoms with Crippen molar-refractivity contribution in [2.75, 3.05) is 20.3 Å². The molecule has 1 aliphatic heterocycles. The summed E-state index contributed by atoms with van der Waals surface area (Å²) < 4.78 is 5.27. The highest BCUT2D eigenvalue weighted by Crippen LogP contribution is 2.18. The zero-order chi connectivity index (χ0) is 8.81. The standard InChI is InChI=1S/C9H17NO2/c1-8(10-11-2)7-9-3-5-12-6-4-9/h9H,3-7H2,1-2H3/b10-8+. The van der Waals surface area contributed by atoms with E-state index in [1.165, 1.54) is 0 Å². The monoisotopic (exact) mass is 171 g/mol. The van der Waals surface area contributed by atoms with Gasteiger partial charge in [0, 0.05) is 13.2 Å². The van der Waals surface area contributed by atoms with Crippen molar-refractivity contribution >= 4 is 5.71 Å². The highest BCUT2D eigenvalue weighted by Gasteiger charge is 2.14. The normalized spacial score (nSPS) is 21.0. The van der Waals surface area contributed by atoms with Gasteiger partial charge >= 0.3 is 0 Å². The van der Waals surface area contributed by atoms with Gasteiger partial charge in [-0.1, -0.05) is 5.16 Å². The van der Waals surface area contributed by atoms with Gasteiger partial charge in [0.25, 0.3) is 0 Å². The number of nitrogens with zero attached hydrogens (tertiary/aromatic N) is 1. The Bertz CT molecular complexity index is 151. The smallest absolute Gasteiger partial charge is 0.106 e. The molecule has 0 spiro atoms. The number of ether oxygens (including phenoxy) is 1. The predicted molar refractivity (Wildman–Crippen MR) is 48.3 cm³/mol. The third-order valence-corrected chi connectivity index (χ3v) is 2.17. The quantitative estimate of drug-likeness (QED) is 0.479. The van der Waals surface area contributed by atoms with Crippen LogP contribution >= 0.6 is 0 Å². The van der Waals surface area contributed by atoms with Crippen LogP contribution in [0.4, 0.5) is 0 Å². The van der Waals surface area contributed by atoms with Crippen molar-refractivity contribution in [1.82, 2.24) is 0 Å². The molecule has 0 aromatic heterocycles. The Hall–Kier alpha value is -0.570. The van der Waals surface area contributed by atoms with E-state index < -0.39 is 0 Å². The van der Waals surface area contributed by atoms with Crippen LogP contribution in [0.2, 0.25) is 0 Å². The van der Waals surface area contributed by atoms with Crippen molar-refractivity contribution < 1.29 is 9.57 Å². The van der Waals surface area contributed by atoms with E-state index in [2.05, 4.69) is 5.16 Å². The lowest BCUT2D eigenvalue weighted by Crippen LogP contribution is -2.17. The summed E-state index contributed by atoms with van der Waals surface area (Å²) >= 11 is 0. The van der Waals surface area contributed by atoms with E-state index in [9.17, 15) is 0 Å². The molecule has 0 N–H and O–H groups in total. The molecule has 0 aromatic rings. The first-order chi connectivity index (χ1) is 5.83. The molecule has 3 heteroatoms. The topological polar surface area (TPSA) is 30.8 Å². The van der Waals surface area contributed by atoms with Crippen LogP contribution < -0.4 is 0 Å². The zero-order valence-corrected chi connectivity index (χ0v) is 7.88. The minimum absolute atomic E-state index is 0.748. The Kier molecular flexibility index (Phi) is 4.08. The lowest BCUT2D eigenvalue weighted by Gasteiger charge is -2.21. The van der Waals surface area contributed by atoms with Crippen LogP contribution in [0.15, 0.2) is 5.16 Å². The summed E-state index contributed by atoms with van der Waals surface area (Å²) in [5.41, 5.74) is 1.09. The van der Waals surface area contributed by atoms with Gasteiger partial charge in [0.1, 0.15) is 7.11 Å². The van der Waals surface area contributed by atoms with Crippen LogP contribution in [0.3, 0.4) is 0 Å². The number of rotatable bonds is 3. The van der Waals surface area contributed by atoms with Gasteiger partial charge in [0.15, 0.2) is 0 Å². The summed E-state index contributed by atoms with van der Waals surface area (Å²) in [6.07, 6.45) is 3.38. The maximum absolute atomic E-state index is 5.27. The van der Waals surface area contributed by atoms with E-state index >= 15 is 0 Å². The molecule has 0 amide bonds. The molecule has 0 aliphatic carbocycles. The van der Waals surface area contributed by atoms with E-state index in [0.29, 0.717) is 0 Å². The molecule has 1 saturated heterocycles. The van der Waals surface area contributed by atoms with Crippen molar-refractivity contribution in [2.45, 2.75) is 26.2 Å². The van der Waals surface area contributed by atoms with Crippen LogP contribution in [-0.4, -0.2) is 26.0 Å². The highest BCUT2D eigenvalue weighted by molar-refractivity contribution is 5.81. The third kappa shape index (κ3) is 3.22. The second-order valence-corrected chi connectivity index (χ2v) is 3.27. The maximum Gasteiger partial charge on any atom is 0.106 e. The lowest BCUT2D eigenvalue weighted by atomic mass is 9.95. The van der Waals surface area contributed by atoms with Crippen molar-refractivity contribution in [3.63, 3.8) is 0 Å². The summed E-state index contributed by atoms with van der Waals surface area (Å²) in [5.74, 6) is 0.748. The van der Waals surface area contributed by atoms with Crippen LogP contribution in [0.25, 0.3) is 0 Å². The molecule has 0 bridgehead atoms. The van der Waals surface area contributed by atoms with Crippen molar-refractivity contribution in [3.8, 4) is 0 Å². The van der Waals surface area contributed by atoms with E-state index in [1.54, 1.807) is 7.11 Å². The molecule has 70 valence electrons. The molecule has 1 heterocycles. The molecular weight excluding hydrogens is 154 g/mol. The van der Waals surface area contributed by atoms with Gasteiger partial charge in [-0.3, -0.25) is 0 Å². The third-order valence-electron chi connectivity index (χ3n) is 2.17. The summed E-state index contributed by atoms with van der Waals surface area (Å²) in [6.45, 7) is 3.83. The minimum Gasteiger partial charge on any atom is -0.399 e. The van der Waals surface area contributed by atoms with Gasteiger partial charge in [0.05, 0.1) is 5.71 Å². The van der Waals surface area contributed by atoms with E-state index in [0.717, 1.165) is 44.1 Å². The molecule has 12 heavy (non-hydrogen) atoms. The first-order valence-corrected chi connectivity index (χ1v) is 4.47. The highest BCUT2D eigenvalue weighted by atomic mass is 16.6. The van der Waals surface area contributed by atoms with Crippen molar-refractivity contribution in [3.05, 3.63) is 0 Å². The Morgan fingerprint density at radius 1 is 1.50 bits per heavy atom. The largest absolute Gasteiger partial charge is 0.399 e. The van der Waals surface area contributed by atoms with E-state index in [1.807, 2.05) is 6.92 Å². The summed E-state index contributed by atoms with van der Waals surface area (Å²) in [7, 11) is 1.59. The molecule has 0 aromatic carbocycles. The van der Waals surface area contributed by atoms with Crippen LogP contribution in [0.5, 0.6) is 0 Å². The summed E-state index contributed by atoms with van der Waals surface area (Å²) in [6, 6.07) is 0. The van der Waals surface area contributed by atoms with Crippen LogP contribution in [-0.2, 0) is 9.57 Å². The average molecular weight is 171 g/mol. The lowest BCUT2D eigenvalue weighted by molar-refractivity contribution is 0.0681. The first kappa shape index (κ1) is 9.52. The second kappa shape index (κ2) is 5.14. The minimum atomic E-state index is 0.748. The van der Waals surface area contributed by atoms with Gasteiger partial charge in [-0.05, 0) is 32.1 Å². The zero-order valence-electron chi connectivity index (χ0n) is 7.88. The summed E-state index contributed by atoms with van der Waals surface area (Å²) in [4.78, 5) is 4.70. The van der Waals surface area contributed by atoms with Gasteiger partial charge in [0.2, 0.25) is 0 Å². The van der Waals surface area contributed by atoms with Crippen molar-refractivity contribution in [2.24, 2.45) is 11.1 Å². The molecule has 1 rings (SSSR count). The molecular formula is C9H17NO2. The van der Waals surface area contributed by atoms with Gasteiger partial charge in [-0.15, -0.1) is 0 Å². The van der Waals surface area contributed by atoms with Crippen molar-refractivity contribution in [1.29, 1.82) is 0 Å². The first-order valence-electron chi connectivity index (χ1n) is 4.47.